The van der Waals surface area contributed by atoms with Crippen molar-refractivity contribution >= 4 is 56.0 Å². The molecule has 0 aliphatic rings. The van der Waals surface area contributed by atoms with Crippen molar-refractivity contribution < 1.29 is 4.79 Å². The first-order valence-electron chi connectivity index (χ1n) is 11.5. The maximum Gasteiger partial charge on any atom is 0.283 e. The number of hydrazone groups is 1. The minimum Gasteiger partial charge on any atom is -0.309 e. The molecule has 0 fully saturated rings. The van der Waals surface area contributed by atoms with Crippen LogP contribution >= 0.6 is 22.9 Å². The molecule has 1 N–H and O–H groups in total. The Labute approximate surface area is 217 Å². The molecule has 0 aliphatic carbocycles. The van der Waals surface area contributed by atoms with Crippen LogP contribution in [0.1, 0.15) is 15.2 Å². The average Bonchev–Trinajstić information content (AvgIpc) is 3.45. The van der Waals surface area contributed by atoms with Gasteiger partial charge in [0, 0.05) is 26.7 Å². The summed E-state index contributed by atoms with van der Waals surface area (Å²) in [6.45, 7) is 0. The number of hydrogen-bond acceptors (Lipinski definition) is 3. The summed E-state index contributed by atoms with van der Waals surface area (Å²) in [5, 5.41) is 6.75. The first-order chi connectivity index (χ1) is 17.7. The molecule has 36 heavy (non-hydrogen) atoms. The van der Waals surface area contributed by atoms with Crippen LogP contribution in [0.15, 0.2) is 114 Å². The molecule has 0 saturated carbocycles. The van der Waals surface area contributed by atoms with Gasteiger partial charge in [-0.2, -0.15) is 5.10 Å². The Morgan fingerprint density at radius 2 is 1.44 bits per heavy atom. The number of carbonyl (C=O) groups excluding carboxylic acids is 1. The summed E-state index contributed by atoms with van der Waals surface area (Å²) in [5.41, 5.74) is 7.77. The van der Waals surface area contributed by atoms with Crippen molar-refractivity contribution in [3.8, 4) is 16.9 Å². The smallest absolute Gasteiger partial charge is 0.283 e. The molecule has 0 bridgehead atoms. The molecule has 2 aromatic heterocycles. The van der Waals surface area contributed by atoms with Gasteiger partial charge in [-0.15, -0.1) is 11.3 Å². The molecule has 6 rings (SSSR count). The third-order valence-corrected chi connectivity index (χ3v) is 7.75. The second-order valence-corrected chi connectivity index (χ2v) is 9.69. The normalized spacial score (nSPS) is 11.5. The maximum absolute atomic E-state index is 13.0. The van der Waals surface area contributed by atoms with E-state index < -0.39 is 0 Å². The number of hydrogen-bond donors (Lipinski definition) is 1. The largest absolute Gasteiger partial charge is 0.309 e. The SMILES string of the molecule is O=C(N/N=C/c1c(-c2ccccc2)n(-c2ccccc2)c2ccccc12)c1sc2ccccc2c1Cl. The third-order valence-electron chi connectivity index (χ3n) is 6.08. The van der Waals surface area contributed by atoms with Crippen LogP contribution in [0.2, 0.25) is 5.02 Å². The van der Waals surface area contributed by atoms with Crippen LogP contribution in [0.5, 0.6) is 0 Å². The lowest BCUT2D eigenvalue weighted by Crippen LogP contribution is -2.16. The van der Waals surface area contributed by atoms with Crippen molar-refractivity contribution in [2.45, 2.75) is 0 Å². The van der Waals surface area contributed by atoms with Crippen LogP contribution in [-0.2, 0) is 0 Å². The number of nitrogens with one attached hydrogen (secondary N) is 1. The number of thiophene rings is 1. The Hall–Kier alpha value is -4.19. The molecule has 0 radical (unpaired) electrons. The minimum atomic E-state index is -0.328. The quantitative estimate of drug-likeness (QED) is 0.188. The number of fused-ring (bicyclic) bond motifs is 2. The zero-order valence-electron chi connectivity index (χ0n) is 19.1. The molecule has 0 saturated heterocycles. The van der Waals surface area contributed by atoms with Gasteiger partial charge in [0.15, 0.2) is 0 Å². The van der Waals surface area contributed by atoms with Crippen molar-refractivity contribution in [1.82, 2.24) is 9.99 Å². The van der Waals surface area contributed by atoms with Gasteiger partial charge in [0.1, 0.15) is 4.88 Å². The van der Waals surface area contributed by atoms with Crippen LogP contribution in [0.25, 0.3) is 37.9 Å². The van der Waals surface area contributed by atoms with E-state index in [1.807, 2.05) is 72.8 Å². The Morgan fingerprint density at radius 3 is 2.19 bits per heavy atom. The van der Waals surface area contributed by atoms with Crippen LogP contribution in [-0.4, -0.2) is 16.7 Å². The summed E-state index contributed by atoms with van der Waals surface area (Å²) in [7, 11) is 0. The highest BCUT2D eigenvalue weighted by Crippen LogP contribution is 2.36. The molecular formula is C30H20ClN3OS. The number of para-hydroxylation sites is 2. The van der Waals surface area contributed by atoms with Gasteiger partial charge in [-0.25, -0.2) is 5.43 Å². The van der Waals surface area contributed by atoms with Crippen LogP contribution in [0, 0.1) is 0 Å². The summed E-state index contributed by atoms with van der Waals surface area (Å²) in [6, 6.07) is 36.4. The Balaban J connectivity index is 1.45. The van der Waals surface area contributed by atoms with Crippen molar-refractivity contribution in [2.24, 2.45) is 5.10 Å². The average molecular weight is 506 g/mol. The fourth-order valence-corrected chi connectivity index (χ4v) is 5.89. The van der Waals surface area contributed by atoms with Gasteiger partial charge in [-0.1, -0.05) is 96.5 Å². The van der Waals surface area contributed by atoms with E-state index in [0.29, 0.717) is 9.90 Å². The van der Waals surface area contributed by atoms with Crippen molar-refractivity contribution in [1.29, 1.82) is 0 Å². The first kappa shape index (κ1) is 22.3. The Bertz CT molecular complexity index is 1740. The highest BCUT2D eigenvalue weighted by atomic mass is 35.5. The highest BCUT2D eigenvalue weighted by molar-refractivity contribution is 7.21. The fraction of sp³-hybridized carbons (Fsp3) is 0. The molecular weight excluding hydrogens is 486 g/mol. The molecule has 4 nitrogen and oxygen atoms in total. The van der Waals surface area contributed by atoms with Gasteiger partial charge in [0.25, 0.3) is 5.91 Å². The van der Waals surface area contributed by atoms with E-state index in [9.17, 15) is 4.79 Å². The van der Waals surface area contributed by atoms with E-state index in [0.717, 1.165) is 43.5 Å². The molecule has 6 heteroatoms. The number of carbonyl (C=O) groups is 1. The number of benzene rings is 4. The number of amides is 1. The molecule has 6 aromatic rings. The number of aromatic nitrogens is 1. The van der Waals surface area contributed by atoms with E-state index in [2.05, 4.69) is 51.5 Å². The van der Waals surface area contributed by atoms with Gasteiger partial charge < -0.3 is 4.57 Å². The maximum atomic E-state index is 13.0. The van der Waals surface area contributed by atoms with Crippen molar-refractivity contribution in [3.05, 3.63) is 125 Å². The topological polar surface area (TPSA) is 46.4 Å². The summed E-state index contributed by atoms with van der Waals surface area (Å²) in [4.78, 5) is 13.4. The summed E-state index contributed by atoms with van der Waals surface area (Å²) >= 11 is 7.86. The lowest BCUT2D eigenvalue weighted by atomic mass is 10.1. The summed E-state index contributed by atoms with van der Waals surface area (Å²) in [6.07, 6.45) is 1.73. The van der Waals surface area contributed by atoms with Gasteiger partial charge in [0.05, 0.1) is 22.4 Å². The predicted molar refractivity (Wildman–Crippen MR) is 151 cm³/mol. The lowest BCUT2D eigenvalue weighted by Gasteiger charge is -2.12. The Morgan fingerprint density at radius 1 is 0.806 bits per heavy atom. The third kappa shape index (κ3) is 3.88. The highest BCUT2D eigenvalue weighted by Gasteiger charge is 2.19. The Kier molecular flexibility index (Phi) is 5.85. The molecule has 174 valence electrons. The first-order valence-corrected chi connectivity index (χ1v) is 12.7. The van der Waals surface area contributed by atoms with Crippen LogP contribution in [0.3, 0.4) is 0 Å². The molecule has 1 amide bonds. The van der Waals surface area contributed by atoms with E-state index in [4.69, 9.17) is 11.6 Å². The van der Waals surface area contributed by atoms with E-state index in [-0.39, 0.29) is 5.91 Å². The fourth-order valence-electron chi connectivity index (χ4n) is 4.49. The van der Waals surface area contributed by atoms with Crippen molar-refractivity contribution in [2.75, 3.05) is 0 Å². The lowest BCUT2D eigenvalue weighted by molar-refractivity contribution is 0.0959. The van der Waals surface area contributed by atoms with Crippen LogP contribution < -0.4 is 5.43 Å². The van der Waals surface area contributed by atoms with E-state index in [1.165, 1.54) is 11.3 Å². The van der Waals surface area contributed by atoms with Crippen LogP contribution in [0.4, 0.5) is 0 Å². The molecule has 0 atom stereocenters. The zero-order chi connectivity index (χ0) is 24.5. The number of nitrogens with zero attached hydrogens (tertiary/aromatic N) is 2. The molecule has 0 spiro atoms. The van der Waals surface area contributed by atoms with Gasteiger partial charge in [-0.05, 0) is 29.8 Å². The predicted octanol–water partition coefficient (Wildman–Crippen LogP) is 7.93. The van der Waals surface area contributed by atoms with Gasteiger partial charge in [0.2, 0.25) is 0 Å². The number of halogens is 1. The molecule has 4 aromatic carbocycles. The summed E-state index contributed by atoms with van der Waals surface area (Å²) in [5.74, 6) is -0.328. The molecule has 0 unspecified atom stereocenters. The minimum absolute atomic E-state index is 0.328. The second-order valence-electron chi connectivity index (χ2n) is 8.26. The standard InChI is InChI=1S/C30H20ClN3OS/c31-27-23-16-8-10-18-26(23)36-29(27)30(35)33-32-19-24-22-15-7-9-17-25(22)34(21-13-5-2-6-14-21)28(24)20-11-3-1-4-12-20/h1-19H,(H,33,35)/b32-19+. The molecule has 0 aliphatic heterocycles. The van der Waals surface area contributed by atoms with Gasteiger partial charge >= 0.3 is 0 Å². The van der Waals surface area contributed by atoms with Gasteiger partial charge in [-0.3, -0.25) is 4.79 Å². The van der Waals surface area contributed by atoms with E-state index in [1.54, 1.807) is 6.21 Å². The monoisotopic (exact) mass is 505 g/mol. The van der Waals surface area contributed by atoms with Crippen molar-refractivity contribution in [3.63, 3.8) is 0 Å². The summed E-state index contributed by atoms with van der Waals surface area (Å²) < 4.78 is 3.20. The number of rotatable bonds is 5. The zero-order valence-corrected chi connectivity index (χ0v) is 20.6. The molecule has 2 heterocycles. The second kappa shape index (κ2) is 9.46. The van der Waals surface area contributed by atoms with E-state index >= 15 is 0 Å².